The second kappa shape index (κ2) is 8.82. The zero-order valence-electron chi connectivity index (χ0n) is 21.3. The van der Waals surface area contributed by atoms with Crippen LogP contribution in [0.2, 0.25) is 0 Å². The van der Waals surface area contributed by atoms with Crippen molar-refractivity contribution in [3.05, 3.63) is 41.7 Å². The van der Waals surface area contributed by atoms with Crippen molar-refractivity contribution in [2.45, 2.75) is 70.3 Å². The summed E-state index contributed by atoms with van der Waals surface area (Å²) in [5.74, 6) is 1.66. The Hall–Kier alpha value is -2.03. The lowest BCUT2D eigenvalue weighted by Gasteiger charge is -2.48. The van der Waals surface area contributed by atoms with Crippen molar-refractivity contribution in [1.29, 1.82) is 0 Å². The van der Waals surface area contributed by atoms with Gasteiger partial charge in [-0.3, -0.25) is 4.90 Å². The van der Waals surface area contributed by atoms with E-state index in [1.807, 2.05) is 19.1 Å². The number of likely N-dealkylation sites (tertiary alicyclic amines) is 1. The van der Waals surface area contributed by atoms with Crippen LogP contribution in [-0.2, 0) is 26.7 Å². The van der Waals surface area contributed by atoms with Gasteiger partial charge in [-0.05, 0) is 70.2 Å². The molecule has 35 heavy (non-hydrogen) atoms. The van der Waals surface area contributed by atoms with E-state index in [2.05, 4.69) is 41.7 Å². The summed E-state index contributed by atoms with van der Waals surface area (Å²) >= 11 is 0. The van der Waals surface area contributed by atoms with E-state index in [4.69, 9.17) is 9.47 Å². The van der Waals surface area contributed by atoms with Crippen molar-refractivity contribution in [3.63, 3.8) is 0 Å². The summed E-state index contributed by atoms with van der Waals surface area (Å²) in [4.78, 5) is 11.5. The van der Waals surface area contributed by atoms with Gasteiger partial charge < -0.3 is 9.47 Å². The molecule has 0 aliphatic carbocycles. The van der Waals surface area contributed by atoms with E-state index >= 15 is 0 Å². The quantitative estimate of drug-likeness (QED) is 0.614. The Labute approximate surface area is 209 Å². The largest absolute Gasteiger partial charge is 0.487 e. The van der Waals surface area contributed by atoms with Gasteiger partial charge in [-0.25, -0.2) is 18.4 Å². The van der Waals surface area contributed by atoms with Gasteiger partial charge in [0.25, 0.3) is 0 Å². The molecule has 0 unspecified atom stereocenters. The van der Waals surface area contributed by atoms with Crippen molar-refractivity contribution in [3.8, 4) is 17.1 Å². The highest BCUT2D eigenvalue weighted by Crippen LogP contribution is 2.41. The van der Waals surface area contributed by atoms with E-state index in [0.29, 0.717) is 24.6 Å². The molecule has 4 heterocycles. The third kappa shape index (κ3) is 5.39. The summed E-state index contributed by atoms with van der Waals surface area (Å²) in [5.41, 5.74) is 2.61. The SMILES string of the molecule is CC1(CS(=O)(=O)Cc2cnc(-c3ccc4c(c3)CCC3(CCN(C(C)(C)C)CC3)O4)nc2)COC1. The standard InChI is InChI=1S/C27H37N3O4S/c1-25(2,3)30-11-9-27(10-12-30)8-7-21-13-22(5-6-23(21)34-27)24-28-14-20(15-29-24)16-35(31,32)19-26(4)17-33-18-26/h5-6,13-15H,7-12,16-19H2,1-4H3. The number of rotatable bonds is 5. The maximum absolute atomic E-state index is 12.6. The van der Waals surface area contributed by atoms with Crippen LogP contribution in [0.4, 0.5) is 0 Å². The molecule has 3 aliphatic heterocycles. The first-order valence-corrected chi connectivity index (χ1v) is 14.4. The van der Waals surface area contributed by atoms with Crippen LogP contribution in [0.5, 0.6) is 5.75 Å². The fraction of sp³-hybridized carbons (Fsp3) is 0.630. The van der Waals surface area contributed by atoms with Gasteiger partial charge in [0.2, 0.25) is 0 Å². The Kier molecular flexibility index (Phi) is 6.21. The Morgan fingerprint density at radius 2 is 1.74 bits per heavy atom. The molecule has 1 aromatic heterocycles. The first kappa shape index (κ1) is 24.7. The molecule has 7 nitrogen and oxygen atoms in total. The zero-order chi connectivity index (χ0) is 24.9. The van der Waals surface area contributed by atoms with Crippen molar-refractivity contribution < 1.29 is 17.9 Å². The average molecular weight is 500 g/mol. The number of piperidine rings is 1. The van der Waals surface area contributed by atoms with Crippen LogP contribution in [0.25, 0.3) is 11.4 Å². The molecule has 1 spiro atoms. The van der Waals surface area contributed by atoms with Gasteiger partial charge in [0, 0.05) is 47.6 Å². The highest BCUT2D eigenvalue weighted by atomic mass is 32.2. The van der Waals surface area contributed by atoms with Crippen LogP contribution in [0.1, 0.15) is 58.1 Å². The monoisotopic (exact) mass is 499 g/mol. The third-order valence-corrected chi connectivity index (χ3v) is 9.59. The van der Waals surface area contributed by atoms with E-state index in [9.17, 15) is 8.42 Å². The Bertz CT molecular complexity index is 1180. The molecule has 2 fully saturated rings. The number of aromatic nitrogens is 2. The highest BCUT2D eigenvalue weighted by Gasteiger charge is 2.41. The van der Waals surface area contributed by atoms with Gasteiger partial charge in [0.15, 0.2) is 15.7 Å². The van der Waals surface area contributed by atoms with Crippen LogP contribution in [0.3, 0.4) is 0 Å². The fourth-order valence-electron chi connectivity index (χ4n) is 5.55. The second-order valence-electron chi connectivity index (χ2n) is 12.0. The van der Waals surface area contributed by atoms with E-state index in [1.165, 1.54) is 5.56 Å². The first-order valence-electron chi connectivity index (χ1n) is 12.6. The van der Waals surface area contributed by atoms with Crippen LogP contribution >= 0.6 is 0 Å². The van der Waals surface area contributed by atoms with Gasteiger partial charge in [0.05, 0.1) is 24.7 Å². The molecule has 190 valence electrons. The van der Waals surface area contributed by atoms with Gasteiger partial charge in [0.1, 0.15) is 11.4 Å². The maximum atomic E-state index is 12.6. The molecule has 1 aromatic carbocycles. The van der Waals surface area contributed by atoms with Crippen molar-refractivity contribution in [2.75, 3.05) is 32.1 Å². The lowest BCUT2D eigenvalue weighted by molar-refractivity contribution is -0.0870. The normalized spacial score (nSPS) is 21.7. The predicted molar refractivity (Wildman–Crippen MR) is 136 cm³/mol. The summed E-state index contributed by atoms with van der Waals surface area (Å²) in [6.07, 6.45) is 7.40. The number of hydrogen-bond donors (Lipinski definition) is 0. The summed E-state index contributed by atoms with van der Waals surface area (Å²) in [7, 11) is -3.25. The van der Waals surface area contributed by atoms with Crippen LogP contribution in [0.15, 0.2) is 30.6 Å². The van der Waals surface area contributed by atoms with Crippen molar-refractivity contribution in [1.82, 2.24) is 14.9 Å². The highest BCUT2D eigenvalue weighted by molar-refractivity contribution is 7.90. The molecule has 8 heteroatoms. The molecule has 0 saturated carbocycles. The van der Waals surface area contributed by atoms with Crippen LogP contribution in [-0.4, -0.2) is 66.5 Å². The molecule has 0 N–H and O–H groups in total. The fourth-order valence-corrected chi connectivity index (χ4v) is 7.53. The smallest absolute Gasteiger partial charge is 0.159 e. The summed E-state index contributed by atoms with van der Waals surface area (Å²) < 4.78 is 37.0. The van der Waals surface area contributed by atoms with Gasteiger partial charge in [-0.1, -0.05) is 6.92 Å². The van der Waals surface area contributed by atoms with Crippen LogP contribution in [0, 0.1) is 5.41 Å². The number of benzene rings is 1. The third-order valence-electron chi connectivity index (χ3n) is 7.68. The summed E-state index contributed by atoms with van der Waals surface area (Å²) in [5, 5.41) is 0. The minimum absolute atomic E-state index is 0.0460. The minimum atomic E-state index is -3.25. The molecule has 0 bridgehead atoms. The number of nitrogens with zero attached hydrogens (tertiary/aromatic N) is 3. The maximum Gasteiger partial charge on any atom is 0.159 e. The average Bonchev–Trinajstić information content (AvgIpc) is 2.77. The summed E-state index contributed by atoms with van der Waals surface area (Å²) in [6, 6.07) is 6.17. The van der Waals surface area contributed by atoms with E-state index in [0.717, 1.165) is 50.1 Å². The van der Waals surface area contributed by atoms with Crippen molar-refractivity contribution in [2.24, 2.45) is 5.41 Å². The van der Waals surface area contributed by atoms with Crippen molar-refractivity contribution >= 4 is 9.84 Å². The molecule has 0 amide bonds. The predicted octanol–water partition coefficient (Wildman–Crippen LogP) is 4.05. The number of hydrogen-bond acceptors (Lipinski definition) is 7. The Morgan fingerprint density at radius 3 is 2.34 bits per heavy atom. The zero-order valence-corrected chi connectivity index (χ0v) is 22.2. The van der Waals surface area contributed by atoms with E-state index < -0.39 is 9.84 Å². The Morgan fingerprint density at radius 1 is 1.06 bits per heavy atom. The number of sulfone groups is 1. The molecular formula is C27H37N3O4S. The Balaban J connectivity index is 1.24. The van der Waals surface area contributed by atoms with Gasteiger partial charge >= 0.3 is 0 Å². The minimum Gasteiger partial charge on any atom is -0.487 e. The number of aryl methyl sites for hydroxylation is 1. The first-order chi connectivity index (χ1) is 16.4. The molecule has 0 radical (unpaired) electrons. The summed E-state index contributed by atoms with van der Waals surface area (Å²) in [6.45, 7) is 11.9. The van der Waals surface area contributed by atoms with Gasteiger partial charge in [-0.15, -0.1) is 0 Å². The van der Waals surface area contributed by atoms with E-state index in [1.54, 1.807) is 12.4 Å². The van der Waals surface area contributed by atoms with E-state index in [-0.39, 0.29) is 28.1 Å². The molecule has 2 saturated heterocycles. The number of fused-ring (bicyclic) bond motifs is 1. The molecule has 3 aliphatic rings. The number of ether oxygens (including phenoxy) is 2. The topological polar surface area (TPSA) is 81.6 Å². The molecular weight excluding hydrogens is 462 g/mol. The molecule has 0 atom stereocenters. The molecule has 5 rings (SSSR count). The van der Waals surface area contributed by atoms with Crippen LogP contribution < -0.4 is 4.74 Å². The van der Waals surface area contributed by atoms with Gasteiger partial charge in [-0.2, -0.15) is 0 Å². The lowest BCUT2D eigenvalue weighted by Crippen LogP contribution is -2.54. The molecule has 2 aromatic rings. The lowest BCUT2D eigenvalue weighted by atomic mass is 9.81. The second-order valence-corrected chi connectivity index (χ2v) is 14.1.